The lowest BCUT2D eigenvalue weighted by Crippen LogP contribution is -2.50. The first-order valence-corrected chi connectivity index (χ1v) is 7.54. The summed E-state index contributed by atoms with van der Waals surface area (Å²) in [5.74, 6) is -1.43. The average molecular weight is 312 g/mol. The number of nitrogens with zero attached hydrogens (tertiary/aromatic N) is 1. The van der Waals surface area contributed by atoms with Gasteiger partial charge < -0.3 is 15.4 Å². The van der Waals surface area contributed by atoms with Crippen LogP contribution in [0.1, 0.15) is 25.3 Å². The number of amides is 1. The number of hydrogen-bond donors (Lipinski definition) is 1. The monoisotopic (exact) mass is 312 g/mol. The van der Waals surface area contributed by atoms with E-state index in [0.29, 0.717) is 32.6 Å². The van der Waals surface area contributed by atoms with Crippen LogP contribution in [0.25, 0.3) is 0 Å². The van der Waals surface area contributed by atoms with E-state index in [0.717, 1.165) is 0 Å². The Balaban J connectivity index is 2.22. The number of halogens is 2. The summed E-state index contributed by atoms with van der Waals surface area (Å²) in [5.41, 5.74) is 5.06. The summed E-state index contributed by atoms with van der Waals surface area (Å²) in [6.45, 7) is 3.25. The van der Waals surface area contributed by atoms with Crippen LogP contribution in [-0.2, 0) is 16.1 Å². The smallest absolute Gasteiger partial charge is 0.230 e. The number of rotatable bonds is 5. The van der Waals surface area contributed by atoms with Crippen molar-refractivity contribution in [3.8, 4) is 0 Å². The van der Waals surface area contributed by atoms with E-state index in [-0.39, 0.29) is 24.6 Å². The van der Waals surface area contributed by atoms with E-state index in [1.807, 2.05) is 0 Å². The molecular formula is C16H22F2N2O2. The molecule has 1 amide bonds. The van der Waals surface area contributed by atoms with Gasteiger partial charge in [-0.3, -0.25) is 4.79 Å². The zero-order valence-electron chi connectivity index (χ0n) is 12.8. The fourth-order valence-corrected chi connectivity index (χ4v) is 2.80. The number of nitrogens with two attached hydrogens (primary N) is 1. The summed E-state index contributed by atoms with van der Waals surface area (Å²) < 4.78 is 32.9. The molecular weight excluding hydrogens is 290 g/mol. The van der Waals surface area contributed by atoms with Crippen molar-refractivity contribution in [1.82, 2.24) is 4.90 Å². The molecule has 122 valence electrons. The molecule has 2 N–H and O–H groups in total. The van der Waals surface area contributed by atoms with Crippen molar-refractivity contribution in [1.29, 1.82) is 0 Å². The molecule has 1 aromatic carbocycles. The molecule has 0 radical (unpaired) electrons. The molecule has 1 aliphatic heterocycles. The van der Waals surface area contributed by atoms with Gasteiger partial charge in [0.15, 0.2) is 0 Å². The van der Waals surface area contributed by atoms with E-state index in [2.05, 4.69) is 0 Å². The van der Waals surface area contributed by atoms with Crippen LogP contribution in [0, 0.1) is 17.0 Å². The molecule has 6 heteroatoms. The van der Waals surface area contributed by atoms with E-state index in [1.165, 1.54) is 23.1 Å². The molecule has 0 atom stereocenters. The second-order valence-corrected chi connectivity index (χ2v) is 5.62. The normalized spacial score (nSPS) is 17.3. The topological polar surface area (TPSA) is 55.6 Å². The standard InChI is InChI=1S/C16H22F2N2O2/c1-2-20(10-12-13(17)4-3-5-14(12)18)15(21)16(11-19)6-8-22-9-7-16/h3-5H,2,6-11,19H2,1H3. The SMILES string of the molecule is CCN(Cc1c(F)cccc1F)C(=O)C1(CN)CCOCC1. The largest absolute Gasteiger partial charge is 0.381 e. The van der Waals surface area contributed by atoms with Gasteiger partial charge in [0.25, 0.3) is 0 Å². The number of ether oxygens (including phenoxy) is 1. The van der Waals surface area contributed by atoms with Crippen LogP contribution in [0.4, 0.5) is 8.78 Å². The van der Waals surface area contributed by atoms with Crippen LogP contribution in [0.5, 0.6) is 0 Å². The maximum atomic E-state index is 13.8. The lowest BCUT2D eigenvalue weighted by atomic mass is 9.78. The molecule has 0 aliphatic carbocycles. The van der Waals surface area contributed by atoms with Crippen molar-refractivity contribution in [2.45, 2.75) is 26.3 Å². The molecule has 0 spiro atoms. The molecule has 0 aromatic heterocycles. The first kappa shape index (κ1) is 16.8. The minimum atomic E-state index is -0.685. The van der Waals surface area contributed by atoms with Gasteiger partial charge in [0.1, 0.15) is 11.6 Å². The highest BCUT2D eigenvalue weighted by atomic mass is 19.1. The molecule has 0 unspecified atom stereocenters. The Hall–Kier alpha value is -1.53. The van der Waals surface area contributed by atoms with Crippen LogP contribution in [0.3, 0.4) is 0 Å². The second-order valence-electron chi connectivity index (χ2n) is 5.62. The molecule has 1 aliphatic rings. The van der Waals surface area contributed by atoms with Gasteiger partial charge in [-0.2, -0.15) is 0 Å². The van der Waals surface area contributed by atoms with Crippen LogP contribution in [0.2, 0.25) is 0 Å². The third-order valence-corrected chi connectivity index (χ3v) is 4.37. The van der Waals surface area contributed by atoms with E-state index in [4.69, 9.17) is 10.5 Å². The van der Waals surface area contributed by atoms with Gasteiger partial charge in [-0.25, -0.2) is 8.78 Å². The van der Waals surface area contributed by atoms with Crippen molar-refractivity contribution in [2.24, 2.45) is 11.1 Å². The number of benzene rings is 1. The highest BCUT2D eigenvalue weighted by molar-refractivity contribution is 5.83. The third kappa shape index (κ3) is 3.28. The van der Waals surface area contributed by atoms with Gasteiger partial charge in [0, 0.05) is 31.9 Å². The first-order valence-electron chi connectivity index (χ1n) is 7.54. The van der Waals surface area contributed by atoms with E-state index in [9.17, 15) is 13.6 Å². The Morgan fingerprint density at radius 1 is 1.32 bits per heavy atom. The minimum absolute atomic E-state index is 0.0862. The zero-order chi connectivity index (χ0) is 16.2. The first-order chi connectivity index (χ1) is 10.5. The van der Waals surface area contributed by atoms with Crippen molar-refractivity contribution < 1.29 is 18.3 Å². The van der Waals surface area contributed by atoms with Gasteiger partial charge >= 0.3 is 0 Å². The van der Waals surface area contributed by atoms with Gasteiger partial charge in [-0.1, -0.05) is 6.07 Å². The molecule has 22 heavy (non-hydrogen) atoms. The second kappa shape index (κ2) is 7.15. The molecule has 0 saturated carbocycles. The van der Waals surface area contributed by atoms with Crippen LogP contribution < -0.4 is 5.73 Å². The molecule has 1 heterocycles. The summed E-state index contributed by atoms with van der Waals surface area (Å²) in [4.78, 5) is 14.3. The zero-order valence-corrected chi connectivity index (χ0v) is 12.8. The van der Waals surface area contributed by atoms with Crippen molar-refractivity contribution in [3.05, 3.63) is 35.4 Å². The van der Waals surface area contributed by atoms with E-state index in [1.54, 1.807) is 6.92 Å². The fourth-order valence-electron chi connectivity index (χ4n) is 2.80. The Kier molecular flexibility index (Phi) is 5.47. The van der Waals surface area contributed by atoms with Gasteiger partial charge in [-0.15, -0.1) is 0 Å². The van der Waals surface area contributed by atoms with Crippen molar-refractivity contribution in [2.75, 3.05) is 26.3 Å². The molecule has 0 bridgehead atoms. The van der Waals surface area contributed by atoms with Crippen molar-refractivity contribution in [3.63, 3.8) is 0 Å². The van der Waals surface area contributed by atoms with Crippen LogP contribution in [-0.4, -0.2) is 37.1 Å². The van der Waals surface area contributed by atoms with Crippen LogP contribution >= 0.6 is 0 Å². The third-order valence-electron chi connectivity index (χ3n) is 4.37. The molecule has 1 saturated heterocycles. The lowest BCUT2D eigenvalue weighted by Gasteiger charge is -2.38. The quantitative estimate of drug-likeness (QED) is 0.905. The van der Waals surface area contributed by atoms with E-state index < -0.39 is 17.0 Å². The Bertz CT molecular complexity index is 511. The number of hydrogen-bond acceptors (Lipinski definition) is 3. The maximum absolute atomic E-state index is 13.8. The lowest BCUT2D eigenvalue weighted by molar-refractivity contribution is -0.147. The summed E-state index contributed by atoms with van der Waals surface area (Å²) in [6, 6.07) is 3.71. The predicted molar refractivity (Wildman–Crippen MR) is 79.0 cm³/mol. The van der Waals surface area contributed by atoms with E-state index >= 15 is 0 Å². The predicted octanol–water partition coefficient (Wildman–Crippen LogP) is 2.07. The summed E-state index contributed by atoms with van der Waals surface area (Å²) in [7, 11) is 0. The van der Waals surface area contributed by atoms with Crippen LogP contribution in [0.15, 0.2) is 18.2 Å². The number of carbonyl (C=O) groups excluding carboxylic acids is 1. The fraction of sp³-hybridized carbons (Fsp3) is 0.562. The molecule has 1 aromatic rings. The van der Waals surface area contributed by atoms with Gasteiger partial charge in [0.2, 0.25) is 5.91 Å². The average Bonchev–Trinajstić information content (AvgIpc) is 2.55. The molecule has 2 rings (SSSR count). The summed E-state index contributed by atoms with van der Waals surface area (Å²) >= 11 is 0. The molecule has 1 fully saturated rings. The van der Waals surface area contributed by atoms with Crippen molar-refractivity contribution >= 4 is 5.91 Å². The van der Waals surface area contributed by atoms with Gasteiger partial charge in [0.05, 0.1) is 12.0 Å². The Morgan fingerprint density at radius 3 is 2.41 bits per heavy atom. The van der Waals surface area contributed by atoms with Gasteiger partial charge in [-0.05, 0) is 31.9 Å². The summed E-state index contributed by atoms with van der Waals surface area (Å²) in [5, 5.41) is 0. The maximum Gasteiger partial charge on any atom is 0.230 e. The highest BCUT2D eigenvalue weighted by Crippen LogP contribution is 2.32. The Labute approximate surface area is 129 Å². The Morgan fingerprint density at radius 2 is 1.91 bits per heavy atom. The minimum Gasteiger partial charge on any atom is -0.381 e. The highest BCUT2D eigenvalue weighted by Gasteiger charge is 2.41. The number of carbonyl (C=O) groups is 1. The summed E-state index contributed by atoms with van der Waals surface area (Å²) in [6.07, 6.45) is 1.08. The molecule has 4 nitrogen and oxygen atoms in total.